The molecule has 0 radical (unpaired) electrons. The van der Waals surface area contributed by atoms with Crippen molar-refractivity contribution in [3.8, 4) is 11.5 Å². The molecule has 0 spiro atoms. The van der Waals surface area contributed by atoms with E-state index in [9.17, 15) is 8.42 Å². The van der Waals surface area contributed by atoms with Crippen LogP contribution in [0.2, 0.25) is 0 Å². The first-order chi connectivity index (χ1) is 10.4. The molecule has 2 aromatic rings. The third-order valence-corrected chi connectivity index (χ3v) is 4.87. The van der Waals surface area contributed by atoms with Crippen LogP contribution in [0.4, 0.5) is 0 Å². The van der Waals surface area contributed by atoms with Crippen LogP contribution >= 0.6 is 0 Å². The number of piperazine rings is 1. The number of sulfone groups is 1. The molecule has 7 nitrogen and oxygen atoms in total. The smallest absolute Gasteiger partial charge is 0.258 e. The van der Waals surface area contributed by atoms with E-state index in [1.54, 1.807) is 24.3 Å². The summed E-state index contributed by atoms with van der Waals surface area (Å²) in [5.74, 6) is 0.939. The minimum absolute atomic E-state index is 0.0596. The van der Waals surface area contributed by atoms with Gasteiger partial charge in [-0.3, -0.25) is 4.90 Å². The zero-order chi connectivity index (χ0) is 15.7. The Hall–Kier alpha value is -1.77. The summed E-state index contributed by atoms with van der Waals surface area (Å²) >= 11 is 0. The van der Waals surface area contributed by atoms with Gasteiger partial charge in [0, 0.05) is 31.5 Å². The minimum atomic E-state index is -3.26. The van der Waals surface area contributed by atoms with Gasteiger partial charge in [-0.15, -0.1) is 0 Å². The molecular formula is C14H18N4O3S. The highest BCUT2D eigenvalue weighted by molar-refractivity contribution is 7.90. The summed E-state index contributed by atoms with van der Waals surface area (Å²) in [6, 6.07) is 6.59. The summed E-state index contributed by atoms with van der Waals surface area (Å²) in [5, 5.41) is 7.34. The van der Waals surface area contributed by atoms with Crippen molar-refractivity contribution < 1.29 is 12.9 Å². The van der Waals surface area contributed by atoms with Crippen molar-refractivity contribution in [2.75, 3.05) is 32.9 Å². The van der Waals surface area contributed by atoms with Gasteiger partial charge < -0.3 is 9.84 Å². The number of hydrogen-bond acceptors (Lipinski definition) is 7. The molecule has 1 aliphatic rings. The first-order valence-corrected chi connectivity index (χ1v) is 8.89. The maximum atomic E-state index is 11.6. The Balaban J connectivity index is 1.91. The van der Waals surface area contributed by atoms with Gasteiger partial charge in [-0.25, -0.2) is 8.42 Å². The van der Waals surface area contributed by atoms with Gasteiger partial charge in [-0.2, -0.15) is 4.98 Å². The van der Waals surface area contributed by atoms with Gasteiger partial charge in [-0.1, -0.05) is 11.2 Å². The summed E-state index contributed by atoms with van der Waals surface area (Å²) in [6.45, 7) is 2.62. The van der Waals surface area contributed by atoms with E-state index in [2.05, 4.69) is 20.4 Å². The first kappa shape index (κ1) is 15.1. The van der Waals surface area contributed by atoms with Crippen LogP contribution < -0.4 is 5.32 Å². The maximum absolute atomic E-state index is 11.6. The second kappa shape index (κ2) is 5.79. The molecule has 1 aliphatic heterocycles. The molecule has 1 aromatic heterocycles. The molecule has 1 N–H and O–H groups in total. The van der Waals surface area contributed by atoms with Crippen molar-refractivity contribution >= 4 is 9.84 Å². The molecule has 0 bridgehead atoms. The second-order valence-electron chi connectivity index (χ2n) is 5.46. The zero-order valence-electron chi connectivity index (χ0n) is 12.5. The van der Waals surface area contributed by atoms with Crippen LogP contribution in [0.15, 0.2) is 33.7 Å². The van der Waals surface area contributed by atoms with Crippen molar-refractivity contribution in [3.05, 3.63) is 30.1 Å². The summed E-state index contributed by atoms with van der Waals surface area (Å²) < 4.78 is 28.6. The van der Waals surface area contributed by atoms with Gasteiger partial charge in [-0.05, 0) is 25.2 Å². The quantitative estimate of drug-likeness (QED) is 0.890. The Morgan fingerprint density at radius 3 is 2.95 bits per heavy atom. The Morgan fingerprint density at radius 1 is 1.41 bits per heavy atom. The van der Waals surface area contributed by atoms with Crippen LogP contribution in [0.1, 0.15) is 11.9 Å². The summed E-state index contributed by atoms with van der Waals surface area (Å²) in [6.07, 6.45) is 1.17. The lowest BCUT2D eigenvalue weighted by Gasteiger charge is -2.30. The lowest BCUT2D eigenvalue weighted by atomic mass is 10.2. The highest BCUT2D eigenvalue weighted by atomic mass is 32.2. The SMILES string of the molecule is CN1CCNCC1c1noc(-c2cccc(S(C)(=O)=O)c2)n1. The van der Waals surface area contributed by atoms with Gasteiger partial charge in [0.1, 0.15) is 0 Å². The molecule has 1 fully saturated rings. The fraction of sp³-hybridized carbons (Fsp3) is 0.429. The van der Waals surface area contributed by atoms with Gasteiger partial charge in [0.15, 0.2) is 15.7 Å². The standard InChI is InChI=1S/C14H18N4O3S/c1-18-7-6-15-9-12(18)13-16-14(21-17-13)10-4-3-5-11(8-10)22(2,19)20/h3-5,8,12,15H,6-7,9H2,1-2H3. The molecular weight excluding hydrogens is 304 g/mol. The molecule has 1 saturated heterocycles. The predicted octanol–water partition coefficient (Wildman–Crippen LogP) is 0.716. The normalized spacial score (nSPS) is 20.2. The van der Waals surface area contributed by atoms with Gasteiger partial charge in [0.25, 0.3) is 5.89 Å². The summed E-state index contributed by atoms with van der Waals surface area (Å²) in [5.41, 5.74) is 0.605. The molecule has 3 rings (SSSR count). The molecule has 1 atom stereocenters. The van der Waals surface area contributed by atoms with E-state index in [1.165, 1.54) is 6.26 Å². The van der Waals surface area contributed by atoms with Crippen LogP contribution in [0, 0.1) is 0 Å². The monoisotopic (exact) mass is 322 g/mol. The largest absolute Gasteiger partial charge is 0.334 e. The molecule has 0 amide bonds. The number of benzene rings is 1. The Kier molecular flexibility index (Phi) is 3.98. The fourth-order valence-electron chi connectivity index (χ4n) is 2.44. The van der Waals surface area contributed by atoms with E-state index in [0.717, 1.165) is 19.6 Å². The van der Waals surface area contributed by atoms with E-state index in [1.807, 2.05) is 7.05 Å². The lowest BCUT2D eigenvalue weighted by molar-refractivity contribution is 0.190. The Morgan fingerprint density at radius 2 is 2.23 bits per heavy atom. The Labute approximate surface area is 129 Å². The topological polar surface area (TPSA) is 88.3 Å². The maximum Gasteiger partial charge on any atom is 0.258 e. The molecule has 22 heavy (non-hydrogen) atoms. The number of hydrogen-bond donors (Lipinski definition) is 1. The van der Waals surface area contributed by atoms with Crippen LogP contribution in [0.5, 0.6) is 0 Å². The number of nitrogens with one attached hydrogen (secondary N) is 1. The molecule has 2 heterocycles. The molecule has 1 unspecified atom stereocenters. The third-order valence-electron chi connectivity index (χ3n) is 3.76. The highest BCUT2D eigenvalue weighted by Crippen LogP contribution is 2.24. The van der Waals surface area contributed by atoms with Crippen LogP contribution in [0.25, 0.3) is 11.5 Å². The molecule has 8 heteroatoms. The molecule has 118 valence electrons. The second-order valence-corrected chi connectivity index (χ2v) is 7.47. The molecule has 1 aromatic carbocycles. The van der Waals surface area contributed by atoms with Crippen molar-refractivity contribution in [3.63, 3.8) is 0 Å². The van der Waals surface area contributed by atoms with Crippen molar-refractivity contribution in [1.29, 1.82) is 0 Å². The van der Waals surface area contributed by atoms with E-state index < -0.39 is 9.84 Å². The van der Waals surface area contributed by atoms with Crippen molar-refractivity contribution in [2.24, 2.45) is 0 Å². The Bertz CT molecular complexity index is 772. The average molecular weight is 322 g/mol. The minimum Gasteiger partial charge on any atom is -0.334 e. The number of likely N-dealkylation sites (N-methyl/N-ethyl adjacent to an activating group) is 1. The first-order valence-electron chi connectivity index (χ1n) is 7.00. The van der Waals surface area contributed by atoms with E-state index in [-0.39, 0.29) is 10.9 Å². The van der Waals surface area contributed by atoms with Gasteiger partial charge in [0.2, 0.25) is 0 Å². The summed E-state index contributed by atoms with van der Waals surface area (Å²) in [4.78, 5) is 6.83. The van der Waals surface area contributed by atoms with E-state index >= 15 is 0 Å². The predicted molar refractivity (Wildman–Crippen MR) is 81.1 cm³/mol. The lowest BCUT2D eigenvalue weighted by Crippen LogP contribution is -2.44. The molecule has 0 saturated carbocycles. The number of nitrogens with zero attached hydrogens (tertiary/aromatic N) is 3. The third kappa shape index (κ3) is 3.03. The van der Waals surface area contributed by atoms with Crippen molar-refractivity contribution in [1.82, 2.24) is 20.4 Å². The number of rotatable bonds is 3. The van der Waals surface area contributed by atoms with E-state index in [4.69, 9.17) is 4.52 Å². The van der Waals surface area contributed by atoms with Crippen molar-refractivity contribution in [2.45, 2.75) is 10.9 Å². The van der Waals surface area contributed by atoms with E-state index in [0.29, 0.717) is 17.3 Å². The molecule has 0 aliphatic carbocycles. The highest BCUT2D eigenvalue weighted by Gasteiger charge is 2.25. The zero-order valence-corrected chi connectivity index (χ0v) is 13.3. The van der Waals surface area contributed by atoms with Gasteiger partial charge in [0.05, 0.1) is 10.9 Å². The fourth-order valence-corrected chi connectivity index (χ4v) is 3.11. The van der Waals surface area contributed by atoms with Crippen LogP contribution in [0.3, 0.4) is 0 Å². The average Bonchev–Trinajstić information content (AvgIpc) is 2.97. The van der Waals surface area contributed by atoms with Crippen LogP contribution in [-0.2, 0) is 9.84 Å². The van der Waals surface area contributed by atoms with Crippen LogP contribution in [-0.4, -0.2) is 56.4 Å². The summed E-state index contributed by atoms with van der Waals surface area (Å²) in [7, 11) is -1.24. The number of aromatic nitrogens is 2. The van der Waals surface area contributed by atoms with Gasteiger partial charge >= 0.3 is 0 Å².